The predicted octanol–water partition coefficient (Wildman–Crippen LogP) is 3.74. The van der Waals surface area contributed by atoms with E-state index in [0.29, 0.717) is 35.3 Å². The average Bonchev–Trinajstić information content (AvgIpc) is 3.24. The quantitative estimate of drug-likeness (QED) is 0.729. The summed E-state index contributed by atoms with van der Waals surface area (Å²) < 4.78 is 18.4. The minimum atomic E-state index is -0.325. The molecule has 2 aromatic carbocycles. The Bertz CT molecular complexity index is 985. The lowest BCUT2D eigenvalue weighted by Crippen LogP contribution is -2.49. The van der Waals surface area contributed by atoms with Crippen molar-refractivity contribution in [1.82, 2.24) is 15.0 Å². The largest absolute Gasteiger partial charge is 0.334 e. The van der Waals surface area contributed by atoms with E-state index >= 15 is 0 Å². The van der Waals surface area contributed by atoms with Crippen molar-refractivity contribution in [2.45, 2.75) is 25.8 Å². The number of amides is 1. The number of nitrogens with zero attached hydrogens (tertiary/aromatic N) is 3. The van der Waals surface area contributed by atoms with Crippen LogP contribution >= 0.6 is 0 Å². The van der Waals surface area contributed by atoms with Crippen LogP contribution in [0.15, 0.2) is 53.1 Å². The van der Waals surface area contributed by atoms with Gasteiger partial charge in [0, 0.05) is 35.8 Å². The molecule has 2 N–H and O–H groups in total. The highest BCUT2D eigenvalue weighted by Crippen LogP contribution is 2.26. The van der Waals surface area contributed by atoms with E-state index in [9.17, 15) is 9.18 Å². The second kappa shape index (κ2) is 8.13. The number of benzene rings is 2. The van der Waals surface area contributed by atoms with Gasteiger partial charge in [-0.15, -0.1) is 0 Å². The fourth-order valence-corrected chi connectivity index (χ4v) is 3.72. The summed E-state index contributed by atoms with van der Waals surface area (Å²) in [7, 11) is 0. The Hall–Kier alpha value is -3.06. The molecule has 6 nitrogen and oxygen atoms in total. The van der Waals surface area contributed by atoms with Crippen molar-refractivity contribution in [2.24, 2.45) is 11.7 Å². The summed E-state index contributed by atoms with van der Waals surface area (Å²) in [4.78, 5) is 19.2. The lowest BCUT2D eigenvalue weighted by Gasteiger charge is -2.38. The first-order chi connectivity index (χ1) is 14.0. The molecule has 29 heavy (non-hydrogen) atoms. The van der Waals surface area contributed by atoms with Crippen molar-refractivity contribution >= 4 is 5.91 Å². The fraction of sp³-hybridized carbons (Fsp3) is 0.318. The van der Waals surface area contributed by atoms with Crippen LogP contribution in [0.3, 0.4) is 0 Å². The Morgan fingerprint density at radius 1 is 1.17 bits per heavy atom. The monoisotopic (exact) mass is 394 g/mol. The molecule has 0 bridgehead atoms. The third kappa shape index (κ3) is 4.05. The third-order valence-electron chi connectivity index (χ3n) is 5.42. The van der Waals surface area contributed by atoms with Gasteiger partial charge in [-0.1, -0.05) is 24.2 Å². The molecule has 1 aliphatic heterocycles. The number of hydrogen-bond acceptors (Lipinski definition) is 5. The Kier molecular flexibility index (Phi) is 5.40. The molecular formula is C22H23FN4O2. The molecule has 3 aromatic rings. The van der Waals surface area contributed by atoms with Gasteiger partial charge in [0.25, 0.3) is 11.8 Å². The number of nitrogens with two attached hydrogens (primary N) is 1. The molecule has 0 aliphatic carbocycles. The highest BCUT2D eigenvalue weighted by molar-refractivity contribution is 5.95. The zero-order valence-electron chi connectivity index (χ0n) is 16.2. The van der Waals surface area contributed by atoms with E-state index in [1.165, 1.54) is 12.1 Å². The van der Waals surface area contributed by atoms with Crippen LogP contribution in [0.2, 0.25) is 0 Å². The second-order valence-corrected chi connectivity index (χ2v) is 7.53. The summed E-state index contributed by atoms with van der Waals surface area (Å²) in [6.45, 7) is 3.41. The molecular weight excluding hydrogens is 371 g/mol. The Balaban J connectivity index is 1.51. The molecule has 1 aromatic heterocycles. The molecule has 2 heterocycles. The summed E-state index contributed by atoms with van der Waals surface area (Å²) in [5.74, 6) is 0.986. The van der Waals surface area contributed by atoms with Gasteiger partial charge in [0.05, 0.1) is 0 Å². The van der Waals surface area contributed by atoms with Crippen molar-refractivity contribution in [3.63, 3.8) is 0 Å². The van der Waals surface area contributed by atoms with Crippen molar-refractivity contribution in [2.75, 3.05) is 13.1 Å². The molecule has 2 unspecified atom stereocenters. The predicted molar refractivity (Wildman–Crippen MR) is 107 cm³/mol. The Morgan fingerprint density at radius 3 is 2.55 bits per heavy atom. The first kappa shape index (κ1) is 19.3. The first-order valence-electron chi connectivity index (χ1n) is 9.76. The molecule has 2 atom stereocenters. The lowest BCUT2D eigenvalue weighted by atomic mass is 9.92. The number of carbonyl (C=O) groups is 1. The van der Waals surface area contributed by atoms with Crippen LogP contribution in [0.5, 0.6) is 0 Å². The highest BCUT2D eigenvalue weighted by atomic mass is 19.1. The standard InChI is InChI=1S/C22H23FN4O2/c1-14-10-11-27(19(12-14)13-24)22(28)17-4-2-15(3-5-17)20-25-21(29-26-20)16-6-8-18(23)9-7-16/h2-9,14,19H,10-13,24H2,1H3. The van der Waals surface area contributed by atoms with E-state index < -0.39 is 0 Å². The number of likely N-dealkylation sites (tertiary alicyclic amines) is 1. The topological polar surface area (TPSA) is 85.2 Å². The molecule has 1 amide bonds. The average molecular weight is 394 g/mol. The lowest BCUT2D eigenvalue weighted by molar-refractivity contribution is 0.0573. The van der Waals surface area contributed by atoms with Gasteiger partial charge in [0.1, 0.15) is 5.82 Å². The van der Waals surface area contributed by atoms with E-state index in [1.54, 1.807) is 36.4 Å². The summed E-state index contributed by atoms with van der Waals surface area (Å²) in [5, 5.41) is 3.99. The molecule has 1 saturated heterocycles. The summed E-state index contributed by atoms with van der Waals surface area (Å²) in [6, 6.07) is 13.1. The van der Waals surface area contributed by atoms with Crippen molar-refractivity contribution in [1.29, 1.82) is 0 Å². The van der Waals surface area contributed by atoms with Crippen molar-refractivity contribution < 1.29 is 13.7 Å². The highest BCUT2D eigenvalue weighted by Gasteiger charge is 2.29. The molecule has 7 heteroatoms. The van der Waals surface area contributed by atoms with E-state index in [0.717, 1.165) is 24.9 Å². The van der Waals surface area contributed by atoms with E-state index in [1.807, 2.05) is 4.90 Å². The number of hydrogen-bond donors (Lipinski definition) is 1. The molecule has 1 fully saturated rings. The van der Waals surface area contributed by atoms with Crippen LogP contribution in [0.25, 0.3) is 22.8 Å². The minimum Gasteiger partial charge on any atom is -0.334 e. The van der Waals surface area contributed by atoms with Crippen LogP contribution in [0, 0.1) is 11.7 Å². The molecule has 0 radical (unpaired) electrons. The fourth-order valence-electron chi connectivity index (χ4n) is 3.72. The van der Waals surface area contributed by atoms with Crippen molar-refractivity contribution in [3.05, 3.63) is 59.9 Å². The van der Waals surface area contributed by atoms with Gasteiger partial charge in [0.2, 0.25) is 5.82 Å². The zero-order valence-corrected chi connectivity index (χ0v) is 16.2. The minimum absolute atomic E-state index is 0.000914. The van der Waals surface area contributed by atoms with Crippen LogP contribution in [-0.4, -0.2) is 40.1 Å². The van der Waals surface area contributed by atoms with Gasteiger partial charge in [-0.25, -0.2) is 4.39 Å². The van der Waals surface area contributed by atoms with E-state index in [-0.39, 0.29) is 17.8 Å². The number of halogens is 1. The summed E-state index contributed by atoms with van der Waals surface area (Å²) in [6.07, 6.45) is 1.94. The first-order valence-corrected chi connectivity index (χ1v) is 9.76. The number of carbonyl (C=O) groups excluding carboxylic acids is 1. The SMILES string of the molecule is CC1CCN(C(=O)c2ccc(-c3noc(-c4ccc(F)cc4)n3)cc2)C(CN)C1. The second-order valence-electron chi connectivity index (χ2n) is 7.53. The summed E-state index contributed by atoms with van der Waals surface area (Å²) in [5.41, 5.74) is 7.88. The molecule has 150 valence electrons. The maximum Gasteiger partial charge on any atom is 0.258 e. The number of rotatable bonds is 4. The van der Waals surface area contributed by atoms with Gasteiger partial charge >= 0.3 is 0 Å². The van der Waals surface area contributed by atoms with Gasteiger partial charge in [-0.05, 0) is 55.2 Å². The zero-order chi connectivity index (χ0) is 20.4. The van der Waals surface area contributed by atoms with Gasteiger partial charge in [-0.2, -0.15) is 4.98 Å². The maximum atomic E-state index is 13.1. The van der Waals surface area contributed by atoms with Crippen LogP contribution in [0.1, 0.15) is 30.1 Å². The van der Waals surface area contributed by atoms with Gasteiger partial charge < -0.3 is 15.2 Å². The molecule has 4 rings (SSSR count). The smallest absolute Gasteiger partial charge is 0.258 e. The molecule has 0 saturated carbocycles. The van der Waals surface area contributed by atoms with Crippen LogP contribution in [0.4, 0.5) is 4.39 Å². The maximum absolute atomic E-state index is 13.1. The van der Waals surface area contributed by atoms with Gasteiger partial charge in [-0.3, -0.25) is 4.79 Å². The molecule has 1 aliphatic rings. The normalized spacial score (nSPS) is 19.3. The van der Waals surface area contributed by atoms with Crippen molar-refractivity contribution in [3.8, 4) is 22.8 Å². The van der Waals surface area contributed by atoms with Crippen LogP contribution < -0.4 is 5.73 Å². The van der Waals surface area contributed by atoms with Crippen LogP contribution in [-0.2, 0) is 0 Å². The Morgan fingerprint density at radius 2 is 1.86 bits per heavy atom. The number of aromatic nitrogens is 2. The number of piperidine rings is 1. The van der Waals surface area contributed by atoms with Gasteiger partial charge in [0.15, 0.2) is 0 Å². The van der Waals surface area contributed by atoms with E-state index in [2.05, 4.69) is 17.1 Å². The van der Waals surface area contributed by atoms with E-state index in [4.69, 9.17) is 10.3 Å². The summed E-state index contributed by atoms with van der Waals surface area (Å²) >= 11 is 0. The third-order valence-corrected chi connectivity index (χ3v) is 5.42. The molecule has 0 spiro atoms. The Labute approximate surface area is 168 Å².